The Kier molecular flexibility index (Phi) is 6.57. The van der Waals surface area contributed by atoms with E-state index in [1.165, 1.54) is 0 Å². The van der Waals surface area contributed by atoms with Gasteiger partial charge in [0.05, 0.1) is 5.56 Å². The number of aromatic nitrogens is 3. The van der Waals surface area contributed by atoms with Gasteiger partial charge in [-0.05, 0) is 59.0 Å². The molecule has 0 saturated carbocycles. The number of carbonyl (C=O) groups is 1. The second kappa shape index (κ2) is 9.10. The Morgan fingerprint density at radius 3 is 2.39 bits per heavy atom. The monoisotopic (exact) mass is 382 g/mol. The SMILES string of the molecule is Cc1cc(C)nc(N2CCC(N(CCN(C)C)C(=O)c3cccnc3)CC2)n1. The highest BCUT2D eigenvalue weighted by Crippen LogP contribution is 2.22. The van der Waals surface area contributed by atoms with Gasteiger partial charge in [-0.1, -0.05) is 0 Å². The Hall–Kier alpha value is -2.54. The minimum absolute atomic E-state index is 0.0658. The van der Waals surface area contributed by atoms with Crippen molar-refractivity contribution < 1.29 is 4.79 Å². The Labute approximate surface area is 167 Å². The van der Waals surface area contributed by atoms with Crippen LogP contribution in [0.25, 0.3) is 0 Å². The van der Waals surface area contributed by atoms with Crippen LogP contribution in [0.3, 0.4) is 0 Å². The first-order valence-corrected chi connectivity index (χ1v) is 9.87. The zero-order valence-electron chi connectivity index (χ0n) is 17.3. The topological polar surface area (TPSA) is 65.5 Å². The normalized spacial score (nSPS) is 15.1. The number of piperidine rings is 1. The van der Waals surface area contributed by atoms with Crippen LogP contribution in [0, 0.1) is 13.8 Å². The lowest BCUT2D eigenvalue weighted by Crippen LogP contribution is -2.49. The van der Waals surface area contributed by atoms with E-state index in [9.17, 15) is 4.79 Å². The maximum absolute atomic E-state index is 13.1. The summed E-state index contributed by atoms with van der Waals surface area (Å²) in [5.41, 5.74) is 2.63. The van der Waals surface area contributed by atoms with Gasteiger partial charge in [-0.15, -0.1) is 0 Å². The number of aryl methyl sites for hydroxylation is 2. The summed E-state index contributed by atoms with van der Waals surface area (Å²) >= 11 is 0. The van der Waals surface area contributed by atoms with Crippen molar-refractivity contribution in [3.8, 4) is 0 Å². The fraction of sp³-hybridized carbons (Fsp3) is 0.524. The number of likely N-dealkylation sites (N-methyl/N-ethyl adjacent to an activating group) is 1. The van der Waals surface area contributed by atoms with Gasteiger partial charge in [0.15, 0.2) is 0 Å². The van der Waals surface area contributed by atoms with Crippen LogP contribution in [-0.4, -0.2) is 77.0 Å². The van der Waals surface area contributed by atoms with Crippen molar-refractivity contribution in [2.24, 2.45) is 0 Å². The summed E-state index contributed by atoms with van der Waals surface area (Å²) in [4.78, 5) is 32.8. The van der Waals surface area contributed by atoms with E-state index in [2.05, 4.69) is 24.8 Å². The van der Waals surface area contributed by atoms with Gasteiger partial charge in [-0.3, -0.25) is 9.78 Å². The number of amides is 1. The molecule has 1 fully saturated rings. The van der Waals surface area contributed by atoms with E-state index in [0.717, 1.165) is 49.8 Å². The maximum Gasteiger partial charge on any atom is 0.255 e. The molecule has 0 N–H and O–H groups in total. The van der Waals surface area contributed by atoms with Gasteiger partial charge >= 0.3 is 0 Å². The molecule has 1 aliphatic rings. The van der Waals surface area contributed by atoms with Crippen LogP contribution in [0.4, 0.5) is 5.95 Å². The van der Waals surface area contributed by atoms with Gasteiger partial charge in [0.1, 0.15) is 0 Å². The van der Waals surface area contributed by atoms with Crippen LogP contribution < -0.4 is 4.90 Å². The molecule has 7 heteroatoms. The summed E-state index contributed by atoms with van der Waals surface area (Å²) in [5.74, 6) is 0.866. The van der Waals surface area contributed by atoms with Crippen LogP contribution >= 0.6 is 0 Å². The number of rotatable bonds is 6. The van der Waals surface area contributed by atoms with Gasteiger partial charge in [-0.2, -0.15) is 0 Å². The molecule has 150 valence electrons. The number of hydrogen-bond acceptors (Lipinski definition) is 6. The van der Waals surface area contributed by atoms with Crippen molar-refractivity contribution in [3.63, 3.8) is 0 Å². The van der Waals surface area contributed by atoms with Crippen LogP contribution in [0.1, 0.15) is 34.6 Å². The average Bonchev–Trinajstić information content (AvgIpc) is 2.68. The third-order valence-electron chi connectivity index (χ3n) is 5.12. The van der Waals surface area contributed by atoms with Crippen molar-refractivity contribution in [1.29, 1.82) is 0 Å². The third-order valence-corrected chi connectivity index (χ3v) is 5.12. The molecule has 1 aliphatic heterocycles. The quantitative estimate of drug-likeness (QED) is 0.763. The average molecular weight is 383 g/mol. The Balaban J connectivity index is 1.70. The number of carbonyl (C=O) groups excluding carboxylic acids is 1. The van der Waals surface area contributed by atoms with Gasteiger partial charge in [-0.25, -0.2) is 9.97 Å². The van der Waals surface area contributed by atoms with Crippen LogP contribution in [0.5, 0.6) is 0 Å². The van der Waals surface area contributed by atoms with E-state index in [-0.39, 0.29) is 11.9 Å². The number of pyridine rings is 1. The van der Waals surface area contributed by atoms with E-state index in [0.29, 0.717) is 12.1 Å². The molecule has 0 bridgehead atoms. The van der Waals surface area contributed by atoms with Crippen molar-refractivity contribution >= 4 is 11.9 Å². The summed E-state index contributed by atoms with van der Waals surface area (Å²) in [7, 11) is 4.07. The van der Waals surface area contributed by atoms with Crippen molar-refractivity contribution in [1.82, 2.24) is 24.8 Å². The van der Waals surface area contributed by atoms with Gasteiger partial charge in [0.25, 0.3) is 5.91 Å². The molecule has 0 radical (unpaired) electrons. The fourth-order valence-corrected chi connectivity index (χ4v) is 3.64. The van der Waals surface area contributed by atoms with E-state index in [4.69, 9.17) is 0 Å². The van der Waals surface area contributed by atoms with E-state index in [1.54, 1.807) is 12.4 Å². The van der Waals surface area contributed by atoms with E-state index in [1.807, 2.05) is 51.0 Å². The highest BCUT2D eigenvalue weighted by atomic mass is 16.2. The van der Waals surface area contributed by atoms with E-state index >= 15 is 0 Å². The first kappa shape index (κ1) is 20.2. The van der Waals surface area contributed by atoms with E-state index < -0.39 is 0 Å². The molecule has 1 amide bonds. The Morgan fingerprint density at radius 2 is 1.82 bits per heavy atom. The third kappa shape index (κ3) is 5.04. The molecule has 0 atom stereocenters. The zero-order valence-corrected chi connectivity index (χ0v) is 17.3. The molecule has 7 nitrogen and oxygen atoms in total. The summed E-state index contributed by atoms with van der Waals surface area (Å²) in [6.07, 6.45) is 5.18. The van der Waals surface area contributed by atoms with Crippen molar-refractivity contribution in [3.05, 3.63) is 47.5 Å². The van der Waals surface area contributed by atoms with Crippen molar-refractivity contribution in [2.75, 3.05) is 45.2 Å². The number of hydrogen-bond donors (Lipinski definition) is 0. The lowest BCUT2D eigenvalue weighted by atomic mass is 10.0. The summed E-state index contributed by atoms with van der Waals surface area (Å²) in [5, 5.41) is 0. The lowest BCUT2D eigenvalue weighted by Gasteiger charge is -2.39. The van der Waals surface area contributed by atoms with Crippen LogP contribution in [-0.2, 0) is 0 Å². The smallest absolute Gasteiger partial charge is 0.255 e. The Morgan fingerprint density at radius 1 is 1.14 bits per heavy atom. The molecule has 0 spiro atoms. The summed E-state index contributed by atoms with van der Waals surface area (Å²) in [6, 6.07) is 5.87. The van der Waals surface area contributed by atoms with Crippen LogP contribution in [0.15, 0.2) is 30.6 Å². The molecule has 2 aromatic heterocycles. The molecule has 1 saturated heterocycles. The highest BCUT2D eigenvalue weighted by Gasteiger charge is 2.29. The molecule has 3 rings (SSSR count). The fourth-order valence-electron chi connectivity index (χ4n) is 3.64. The number of nitrogens with zero attached hydrogens (tertiary/aromatic N) is 6. The summed E-state index contributed by atoms with van der Waals surface area (Å²) in [6.45, 7) is 7.26. The van der Waals surface area contributed by atoms with Gasteiger partial charge < -0.3 is 14.7 Å². The molecule has 0 aromatic carbocycles. The van der Waals surface area contributed by atoms with Crippen molar-refractivity contribution in [2.45, 2.75) is 32.7 Å². The van der Waals surface area contributed by atoms with Crippen LogP contribution in [0.2, 0.25) is 0 Å². The second-order valence-electron chi connectivity index (χ2n) is 7.71. The first-order chi connectivity index (χ1) is 13.4. The number of anilines is 1. The molecule has 0 unspecified atom stereocenters. The predicted molar refractivity (Wildman–Crippen MR) is 111 cm³/mol. The molecule has 2 aromatic rings. The Bertz CT molecular complexity index is 766. The second-order valence-corrected chi connectivity index (χ2v) is 7.71. The zero-order chi connectivity index (χ0) is 20.1. The minimum atomic E-state index is 0.0658. The molecule has 0 aliphatic carbocycles. The standard InChI is InChI=1S/C21H30N6O/c1-16-14-17(2)24-21(23-16)26-10-7-19(8-11-26)27(13-12-25(3)4)20(28)18-6-5-9-22-15-18/h5-6,9,14-15,19H,7-8,10-13H2,1-4H3. The maximum atomic E-state index is 13.1. The van der Waals surface area contributed by atoms with Gasteiger partial charge in [0.2, 0.25) is 5.95 Å². The van der Waals surface area contributed by atoms with Gasteiger partial charge in [0, 0.05) is 56.0 Å². The lowest BCUT2D eigenvalue weighted by molar-refractivity contribution is 0.0634. The highest BCUT2D eigenvalue weighted by molar-refractivity contribution is 5.94. The molecular weight excluding hydrogens is 352 g/mol. The predicted octanol–water partition coefficient (Wildman–Crippen LogP) is 2.16. The minimum Gasteiger partial charge on any atom is -0.341 e. The molecule has 28 heavy (non-hydrogen) atoms. The summed E-state index contributed by atoms with van der Waals surface area (Å²) < 4.78 is 0. The first-order valence-electron chi connectivity index (χ1n) is 9.87. The molecular formula is C21H30N6O. The molecule has 3 heterocycles. The largest absolute Gasteiger partial charge is 0.341 e.